The summed E-state index contributed by atoms with van der Waals surface area (Å²) in [4.78, 5) is 0. The van der Waals surface area contributed by atoms with Gasteiger partial charge in [0.2, 0.25) is 0 Å². The number of rotatable bonds is 4. The fourth-order valence-electron chi connectivity index (χ4n) is 2.45. The van der Waals surface area contributed by atoms with E-state index in [-0.39, 0.29) is 6.10 Å². The van der Waals surface area contributed by atoms with Gasteiger partial charge in [0.25, 0.3) is 0 Å². The van der Waals surface area contributed by atoms with Gasteiger partial charge in [-0.1, -0.05) is 13.8 Å². The Hall–Kier alpha value is -0.0800. The summed E-state index contributed by atoms with van der Waals surface area (Å²) in [6.07, 6.45) is 4.37. The second kappa shape index (κ2) is 5.72. The molecule has 0 amide bonds. The fraction of sp³-hybridized carbons (Fsp3) is 1.00. The van der Waals surface area contributed by atoms with E-state index in [9.17, 15) is 5.11 Å². The molecule has 1 N–H and O–H groups in total. The van der Waals surface area contributed by atoms with Gasteiger partial charge in [-0.3, -0.25) is 0 Å². The summed E-state index contributed by atoms with van der Waals surface area (Å²) >= 11 is 0. The molecular weight excluding hydrogens is 176 g/mol. The van der Waals surface area contributed by atoms with Crippen molar-refractivity contribution < 1.29 is 9.84 Å². The van der Waals surface area contributed by atoms with E-state index < -0.39 is 0 Å². The molecule has 0 bridgehead atoms. The van der Waals surface area contributed by atoms with Crippen LogP contribution in [0.3, 0.4) is 0 Å². The topological polar surface area (TPSA) is 29.5 Å². The highest BCUT2D eigenvalue weighted by Crippen LogP contribution is 2.34. The Kier molecular flexibility index (Phi) is 4.90. The monoisotopic (exact) mass is 200 g/mol. The largest absolute Gasteiger partial charge is 0.393 e. The summed E-state index contributed by atoms with van der Waals surface area (Å²) in [5, 5.41) is 9.96. The fourth-order valence-corrected chi connectivity index (χ4v) is 2.45. The van der Waals surface area contributed by atoms with Crippen molar-refractivity contribution in [3.05, 3.63) is 0 Å². The van der Waals surface area contributed by atoms with Gasteiger partial charge in [0.15, 0.2) is 0 Å². The molecule has 2 heteroatoms. The Morgan fingerprint density at radius 1 is 1.36 bits per heavy atom. The highest BCUT2D eigenvalue weighted by molar-refractivity contribution is 4.80. The molecule has 1 fully saturated rings. The average Bonchev–Trinajstić information content (AvgIpc) is 2.15. The zero-order valence-corrected chi connectivity index (χ0v) is 9.70. The van der Waals surface area contributed by atoms with Gasteiger partial charge in [-0.15, -0.1) is 0 Å². The van der Waals surface area contributed by atoms with Gasteiger partial charge in [-0.05, 0) is 43.4 Å². The Balaban J connectivity index is 2.32. The zero-order chi connectivity index (χ0) is 10.6. The number of aliphatic hydroxyl groups excluding tert-OH is 1. The highest BCUT2D eigenvalue weighted by atomic mass is 16.5. The lowest BCUT2D eigenvalue weighted by atomic mass is 9.74. The molecule has 0 radical (unpaired) electrons. The van der Waals surface area contributed by atoms with Crippen molar-refractivity contribution >= 4 is 0 Å². The molecule has 0 aliphatic heterocycles. The summed E-state index contributed by atoms with van der Waals surface area (Å²) in [5.41, 5.74) is 0. The van der Waals surface area contributed by atoms with Gasteiger partial charge in [0.05, 0.1) is 6.10 Å². The van der Waals surface area contributed by atoms with Gasteiger partial charge in [0, 0.05) is 13.7 Å². The molecule has 0 heterocycles. The van der Waals surface area contributed by atoms with Crippen molar-refractivity contribution in [2.45, 2.75) is 45.6 Å². The molecule has 0 aromatic heterocycles. The SMILES string of the molecule is COCC[C@@H]1CC[C@@H](C(C)C)C[C@@H]1O. The van der Waals surface area contributed by atoms with Crippen molar-refractivity contribution in [1.29, 1.82) is 0 Å². The van der Waals surface area contributed by atoms with Crippen LogP contribution in [-0.4, -0.2) is 24.9 Å². The smallest absolute Gasteiger partial charge is 0.0572 e. The maximum absolute atomic E-state index is 9.96. The molecule has 3 atom stereocenters. The first-order valence-electron chi connectivity index (χ1n) is 5.82. The quantitative estimate of drug-likeness (QED) is 0.755. The van der Waals surface area contributed by atoms with E-state index in [1.807, 2.05) is 0 Å². The second-order valence-electron chi connectivity index (χ2n) is 4.93. The summed E-state index contributed by atoms with van der Waals surface area (Å²) < 4.78 is 5.06. The van der Waals surface area contributed by atoms with E-state index in [0.717, 1.165) is 25.4 Å². The highest BCUT2D eigenvalue weighted by Gasteiger charge is 2.29. The van der Waals surface area contributed by atoms with E-state index in [1.54, 1.807) is 7.11 Å². The van der Waals surface area contributed by atoms with E-state index in [1.165, 1.54) is 12.8 Å². The molecule has 84 valence electrons. The van der Waals surface area contributed by atoms with Gasteiger partial charge < -0.3 is 9.84 Å². The molecular formula is C12H24O2. The lowest BCUT2D eigenvalue weighted by molar-refractivity contribution is 0.0181. The Morgan fingerprint density at radius 2 is 2.07 bits per heavy atom. The minimum absolute atomic E-state index is 0.0914. The van der Waals surface area contributed by atoms with Crippen molar-refractivity contribution in [2.24, 2.45) is 17.8 Å². The third-order valence-corrected chi connectivity index (χ3v) is 3.63. The molecule has 0 saturated heterocycles. The van der Waals surface area contributed by atoms with Gasteiger partial charge in [-0.2, -0.15) is 0 Å². The second-order valence-corrected chi connectivity index (χ2v) is 4.93. The summed E-state index contributed by atoms with van der Waals surface area (Å²) in [5.74, 6) is 1.92. The molecule has 0 spiro atoms. The lowest BCUT2D eigenvalue weighted by Gasteiger charge is -2.35. The van der Waals surface area contributed by atoms with Gasteiger partial charge in [-0.25, -0.2) is 0 Å². The first-order valence-corrected chi connectivity index (χ1v) is 5.82. The van der Waals surface area contributed by atoms with E-state index in [2.05, 4.69) is 13.8 Å². The van der Waals surface area contributed by atoms with Crippen molar-refractivity contribution in [1.82, 2.24) is 0 Å². The lowest BCUT2D eigenvalue weighted by Crippen LogP contribution is -2.32. The van der Waals surface area contributed by atoms with Crippen LogP contribution in [0.5, 0.6) is 0 Å². The van der Waals surface area contributed by atoms with Crippen LogP contribution in [0.4, 0.5) is 0 Å². The predicted molar refractivity (Wildman–Crippen MR) is 58.2 cm³/mol. The van der Waals surface area contributed by atoms with Crippen LogP contribution >= 0.6 is 0 Å². The minimum atomic E-state index is -0.0914. The molecule has 1 saturated carbocycles. The minimum Gasteiger partial charge on any atom is -0.393 e. The van der Waals surface area contributed by atoms with E-state index in [4.69, 9.17) is 4.74 Å². The van der Waals surface area contributed by atoms with Crippen molar-refractivity contribution in [2.75, 3.05) is 13.7 Å². The molecule has 0 aromatic rings. The molecule has 1 rings (SSSR count). The summed E-state index contributed by atoms with van der Waals surface area (Å²) in [6.45, 7) is 5.30. The number of hydrogen-bond acceptors (Lipinski definition) is 2. The number of hydrogen-bond donors (Lipinski definition) is 1. The number of ether oxygens (including phenoxy) is 1. The van der Waals surface area contributed by atoms with Crippen LogP contribution in [-0.2, 0) is 4.74 Å². The Bertz CT molecular complexity index is 156. The number of aliphatic hydroxyl groups is 1. The first-order chi connectivity index (χ1) is 6.65. The van der Waals surface area contributed by atoms with Crippen LogP contribution in [0.15, 0.2) is 0 Å². The molecule has 0 unspecified atom stereocenters. The van der Waals surface area contributed by atoms with Crippen LogP contribution in [0.25, 0.3) is 0 Å². The maximum Gasteiger partial charge on any atom is 0.0572 e. The molecule has 0 aromatic carbocycles. The number of methoxy groups -OCH3 is 1. The normalized spacial score (nSPS) is 33.6. The summed E-state index contributed by atoms with van der Waals surface area (Å²) in [6, 6.07) is 0. The molecule has 2 nitrogen and oxygen atoms in total. The Morgan fingerprint density at radius 3 is 2.57 bits per heavy atom. The van der Waals surface area contributed by atoms with Crippen molar-refractivity contribution in [3.8, 4) is 0 Å². The predicted octanol–water partition coefficient (Wildman–Crippen LogP) is 2.46. The van der Waals surface area contributed by atoms with E-state index in [0.29, 0.717) is 11.8 Å². The maximum atomic E-state index is 9.96. The van der Waals surface area contributed by atoms with Gasteiger partial charge in [0.1, 0.15) is 0 Å². The summed E-state index contributed by atoms with van der Waals surface area (Å²) in [7, 11) is 1.73. The average molecular weight is 200 g/mol. The Labute approximate surface area is 87.7 Å². The molecule has 1 aliphatic rings. The molecule has 14 heavy (non-hydrogen) atoms. The van der Waals surface area contributed by atoms with Crippen molar-refractivity contribution in [3.63, 3.8) is 0 Å². The van der Waals surface area contributed by atoms with Crippen LogP contribution in [0.2, 0.25) is 0 Å². The van der Waals surface area contributed by atoms with Crippen LogP contribution < -0.4 is 0 Å². The van der Waals surface area contributed by atoms with E-state index >= 15 is 0 Å². The van der Waals surface area contributed by atoms with Crippen LogP contribution in [0.1, 0.15) is 39.5 Å². The molecule has 1 aliphatic carbocycles. The first kappa shape index (κ1) is 12.0. The third-order valence-electron chi connectivity index (χ3n) is 3.63. The third kappa shape index (κ3) is 3.25. The van der Waals surface area contributed by atoms with Gasteiger partial charge >= 0.3 is 0 Å². The van der Waals surface area contributed by atoms with Crippen LogP contribution in [0, 0.1) is 17.8 Å². The standard InChI is InChI=1S/C12H24O2/c1-9(2)11-5-4-10(6-7-14-3)12(13)8-11/h9-13H,4-8H2,1-3H3/t10-,11+,12-/m0/s1. The zero-order valence-electron chi connectivity index (χ0n) is 9.70.